The molecule has 0 aliphatic carbocycles. The zero-order valence-electron chi connectivity index (χ0n) is 16.4. The molecule has 0 saturated carbocycles. The van der Waals surface area contributed by atoms with Crippen LogP contribution in [0.2, 0.25) is 0 Å². The number of hydrogen-bond acceptors (Lipinski definition) is 6. The summed E-state index contributed by atoms with van der Waals surface area (Å²) in [7, 11) is -5.36. The van der Waals surface area contributed by atoms with Crippen LogP contribution in [0.15, 0.2) is 53.6 Å². The minimum absolute atomic E-state index is 0.0195. The maximum Gasteiger partial charge on any atom is 0.247 e. The van der Waals surface area contributed by atoms with E-state index in [1.54, 1.807) is 50.4 Å². The van der Waals surface area contributed by atoms with Crippen molar-refractivity contribution >= 4 is 31.4 Å². The summed E-state index contributed by atoms with van der Waals surface area (Å²) in [4.78, 5) is 0. The van der Waals surface area contributed by atoms with Gasteiger partial charge >= 0.3 is 0 Å². The molecular weight excluding hydrogens is 414 g/mol. The molecule has 0 saturated heterocycles. The van der Waals surface area contributed by atoms with Crippen molar-refractivity contribution in [2.45, 2.75) is 19.4 Å². The van der Waals surface area contributed by atoms with Gasteiger partial charge in [0.25, 0.3) is 0 Å². The van der Waals surface area contributed by atoms with E-state index < -0.39 is 26.1 Å². The van der Waals surface area contributed by atoms with E-state index in [1.807, 2.05) is 12.1 Å². The molecule has 1 atom stereocenters. The Labute approximate surface area is 171 Å². The minimum atomic E-state index is -3.57. The van der Waals surface area contributed by atoms with Crippen LogP contribution in [0, 0.1) is 0 Å². The summed E-state index contributed by atoms with van der Waals surface area (Å²) in [6.07, 6.45) is 1.53. The molecular formula is C19H23N3O5S2. The zero-order chi connectivity index (χ0) is 21.2. The fraction of sp³-hybridized carbons (Fsp3) is 0.316. The highest BCUT2D eigenvalue weighted by molar-refractivity contribution is 7.92. The van der Waals surface area contributed by atoms with Gasteiger partial charge in [-0.15, -0.1) is 0 Å². The van der Waals surface area contributed by atoms with Gasteiger partial charge in [0.1, 0.15) is 5.75 Å². The van der Waals surface area contributed by atoms with Crippen molar-refractivity contribution in [3.05, 3.63) is 59.7 Å². The summed E-state index contributed by atoms with van der Waals surface area (Å²) >= 11 is 0. The summed E-state index contributed by atoms with van der Waals surface area (Å²) in [6.45, 7) is 1.56. The lowest BCUT2D eigenvalue weighted by Crippen LogP contribution is -2.25. The molecule has 1 N–H and O–H groups in total. The first-order valence-electron chi connectivity index (χ1n) is 8.94. The highest BCUT2D eigenvalue weighted by Crippen LogP contribution is 2.35. The average molecular weight is 438 g/mol. The quantitative estimate of drug-likeness (QED) is 0.717. The zero-order valence-corrected chi connectivity index (χ0v) is 18.0. The smallest absolute Gasteiger partial charge is 0.247 e. The van der Waals surface area contributed by atoms with Crippen LogP contribution in [-0.4, -0.2) is 46.1 Å². The molecule has 2 aromatic carbocycles. The van der Waals surface area contributed by atoms with Crippen molar-refractivity contribution in [2.24, 2.45) is 5.10 Å². The van der Waals surface area contributed by atoms with E-state index in [4.69, 9.17) is 4.74 Å². The number of benzene rings is 2. The van der Waals surface area contributed by atoms with E-state index in [2.05, 4.69) is 9.82 Å². The lowest BCUT2D eigenvalue weighted by atomic mass is 9.99. The second kappa shape index (κ2) is 8.03. The van der Waals surface area contributed by atoms with Crippen LogP contribution in [0.25, 0.3) is 0 Å². The molecule has 0 unspecified atom stereocenters. The van der Waals surface area contributed by atoms with Crippen molar-refractivity contribution in [1.82, 2.24) is 4.41 Å². The van der Waals surface area contributed by atoms with Crippen LogP contribution >= 0.6 is 0 Å². The monoisotopic (exact) mass is 437 g/mol. The molecule has 1 heterocycles. The predicted octanol–water partition coefficient (Wildman–Crippen LogP) is 2.57. The number of sulfonamides is 2. The Morgan fingerprint density at radius 3 is 2.21 bits per heavy atom. The molecule has 29 heavy (non-hydrogen) atoms. The first-order chi connectivity index (χ1) is 13.6. The number of nitrogens with zero attached hydrogens (tertiary/aromatic N) is 2. The third-order valence-corrected chi connectivity index (χ3v) is 6.91. The van der Waals surface area contributed by atoms with Crippen LogP contribution in [0.1, 0.15) is 30.5 Å². The van der Waals surface area contributed by atoms with E-state index in [1.165, 1.54) is 0 Å². The molecule has 156 valence electrons. The van der Waals surface area contributed by atoms with E-state index in [9.17, 15) is 16.8 Å². The van der Waals surface area contributed by atoms with Crippen molar-refractivity contribution in [3.8, 4) is 5.75 Å². The molecule has 10 heteroatoms. The molecule has 8 nitrogen and oxygen atoms in total. The van der Waals surface area contributed by atoms with Gasteiger partial charge in [0.15, 0.2) is 0 Å². The number of methoxy groups -OCH3 is 1. The fourth-order valence-electron chi connectivity index (χ4n) is 3.03. The second-order valence-electron chi connectivity index (χ2n) is 6.66. The van der Waals surface area contributed by atoms with Gasteiger partial charge in [-0.1, -0.05) is 24.3 Å². The van der Waals surface area contributed by atoms with Gasteiger partial charge in [0.05, 0.1) is 30.9 Å². The number of hydrazone groups is 1. The summed E-state index contributed by atoms with van der Waals surface area (Å²) in [5, 5.41) is 4.34. The Kier molecular flexibility index (Phi) is 5.85. The fourth-order valence-corrected chi connectivity index (χ4v) is 4.57. The molecule has 0 spiro atoms. The summed E-state index contributed by atoms with van der Waals surface area (Å²) in [5.74, 6) is 0.665. The topological polar surface area (TPSA) is 105 Å². The molecule has 0 aromatic heterocycles. The van der Waals surface area contributed by atoms with Gasteiger partial charge in [-0.2, -0.15) is 9.52 Å². The van der Waals surface area contributed by atoms with Gasteiger partial charge in [0, 0.05) is 12.1 Å². The maximum atomic E-state index is 12.3. The van der Waals surface area contributed by atoms with Crippen molar-refractivity contribution in [1.29, 1.82) is 0 Å². The molecule has 1 aliphatic rings. The highest BCUT2D eigenvalue weighted by atomic mass is 32.2. The highest BCUT2D eigenvalue weighted by Gasteiger charge is 2.34. The number of anilines is 1. The molecule has 0 fully saturated rings. The second-order valence-corrected chi connectivity index (χ2v) is 10.5. The average Bonchev–Trinajstić information content (AvgIpc) is 3.14. The van der Waals surface area contributed by atoms with Crippen LogP contribution in [0.4, 0.5) is 5.69 Å². The Hall–Kier alpha value is -2.59. The van der Waals surface area contributed by atoms with Crippen LogP contribution < -0.4 is 9.46 Å². The van der Waals surface area contributed by atoms with Crippen molar-refractivity contribution < 1.29 is 21.6 Å². The van der Waals surface area contributed by atoms with Gasteiger partial charge in [-0.3, -0.25) is 4.72 Å². The third-order valence-electron chi connectivity index (χ3n) is 4.58. The van der Waals surface area contributed by atoms with Gasteiger partial charge in [-0.25, -0.2) is 16.8 Å². The lowest BCUT2D eigenvalue weighted by Gasteiger charge is -2.21. The Bertz CT molecular complexity index is 1110. The first kappa shape index (κ1) is 21.1. The van der Waals surface area contributed by atoms with E-state index in [-0.39, 0.29) is 5.75 Å². The summed E-state index contributed by atoms with van der Waals surface area (Å²) in [5.41, 5.74) is 2.60. The summed E-state index contributed by atoms with van der Waals surface area (Å²) < 4.78 is 56.7. The Morgan fingerprint density at radius 2 is 1.69 bits per heavy atom. The first-order valence-corrected chi connectivity index (χ1v) is 12.4. The number of ether oxygens (including phenoxy) is 1. The normalized spacial score (nSPS) is 17.1. The van der Waals surface area contributed by atoms with Crippen molar-refractivity contribution in [2.75, 3.05) is 23.8 Å². The van der Waals surface area contributed by atoms with Gasteiger partial charge in [-0.05, 0) is 42.3 Å². The Morgan fingerprint density at radius 1 is 1.07 bits per heavy atom. The SMILES string of the molecule is CCS(=O)(=O)Nc1ccc(C2=NN(S(C)(=O)=O)[C@H](c3ccc(OC)cc3)C2)cc1. The number of rotatable bonds is 7. The van der Waals surface area contributed by atoms with E-state index >= 15 is 0 Å². The molecule has 3 rings (SSSR count). The molecule has 2 aromatic rings. The summed E-state index contributed by atoms with van der Waals surface area (Å²) in [6, 6.07) is 13.5. The van der Waals surface area contributed by atoms with E-state index in [0.29, 0.717) is 23.6 Å². The molecule has 0 amide bonds. The third kappa shape index (κ3) is 4.88. The standard InChI is InChI=1S/C19H23N3O5S2/c1-4-29(25,26)21-16-9-5-14(6-10-16)18-13-19(22(20-18)28(3,23)24)15-7-11-17(27-2)12-8-15/h5-12,19,21H,4,13H2,1-3H3/t19-/m0/s1. The Balaban J connectivity index is 1.88. The van der Waals surface area contributed by atoms with Gasteiger partial charge < -0.3 is 4.74 Å². The van der Waals surface area contributed by atoms with Gasteiger partial charge in [0.2, 0.25) is 20.0 Å². The van der Waals surface area contributed by atoms with Crippen LogP contribution in [-0.2, 0) is 20.0 Å². The number of hydrogen-bond donors (Lipinski definition) is 1. The predicted molar refractivity (Wildman–Crippen MR) is 113 cm³/mol. The molecule has 0 radical (unpaired) electrons. The van der Waals surface area contributed by atoms with Crippen molar-refractivity contribution in [3.63, 3.8) is 0 Å². The lowest BCUT2D eigenvalue weighted by molar-refractivity contribution is 0.374. The largest absolute Gasteiger partial charge is 0.497 e. The van der Waals surface area contributed by atoms with Crippen LogP contribution in [0.3, 0.4) is 0 Å². The molecule has 0 bridgehead atoms. The van der Waals surface area contributed by atoms with E-state index in [0.717, 1.165) is 21.8 Å². The van der Waals surface area contributed by atoms with Crippen LogP contribution in [0.5, 0.6) is 5.75 Å². The number of nitrogens with one attached hydrogen (secondary N) is 1. The maximum absolute atomic E-state index is 12.3. The molecule has 1 aliphatic heterocycles. The minimum Gasteiger partial charge on any atom is -0.497 e.